The fourth-order valence-corrected chi connectivity index (χ4v) is 3.68. The van der Waals surface area contributed by atoms with Gasteiger partial charge in [0.15, 0.2) is 11.5 Å². The molecule has 3 rings (SSSR count). The number of rotatable bonds is 13. The Kier molecular flexibility index (Phi) is 9.80. The van der Waals surface area contributed by atoms with E-state index in [-0.39, 0.29) is 5.91 Å². The molecule has 2 aromatic carbocycles. The summed E-state index contributed by atoms with van der Waals surface area (Å²) >= 11 is 0. The van der Waals surface area contributed by atoms with Crippen LogP contribution in [-0.2, 0) is 11.2 Å². The average Bonchev–Trinajstić information content (AvgIpc) is 3.40. The van der Waals surface area contributed by atoms with E-state index in [0.29, 0.717) is 13.0 Å². The fourth-order valence-electron chi connectivity index (χ4n) is 3.68. The SMILES string of the molecule is COc1ccc(CCN(C)CCCNC(=O)C/C=C/c2ccc(-n3cccc3)cc2)cc1OC. The molecule has 1 aromatic heterocycles. The number of nitrogens with zero attached hydrogens (tertiary/aromatic N) is 2. The molecule has 0 aliphatic carbocycles. The number of hydrogen-bond donors (Lipinski definition) is 1. The molecule has 1 N–H and O–H groups in total. The second kappa shape index (κ2) is 13.3. The van der Waals surface area contributed by atoms with Gasteiger partial charge >= 0.3 is 0 Å². The van der Waals surface area contributed by atoms with Crippen molar-refractivity contribution >= 4 is 12.0 Å². The summed E-state index contributed by atoms with van der Waals surface area (Å²) < 4.78 is 12.7. The molecule has 1 amide bonds. The number of carbonyl (C=O) groups is 1. The number of nitrogens with one attached hydrogen (secondary N) is 1. The van der Waals surface area contributed by atoms with Gasteiger partial charge in [0.1, 0.15) is 0 Å². The summed E-state index contributed by atoms with van der Waals surface area (Å²) in [4.78, 5) is 14.4. The van der Waals surface area contributed by atoms with Crippen LogP contribution in [0.25, 0.3) is 11.8 Å². The first-order chi connectivity index (χ1) is 16.6. The van der Waals surface area contributed by atoms with E-state index in [9.17, 15) is 4.79 Å². The van der Waals surface area contributed by atoms with Crippen LogP contribution in [0.1, 0.15) is 24.0 Å². The highest BCUT2D eigenvalue weighted by atomic mass is 16.5. The molecule has 180 valence electrons. The van der Waals surface area contributed by atoms with Crippen molar-refractivity contribution in [2.45, 2.75) is 19.3 Å². The van der Waals surface area contributed by atoms with Gasteiger partial charge in [-0.15, -0.1) is 0 Å². The van der Waals surface area contributed by atoms with Crippen LogP contribution < -0.4 is 14.8 Å². The lowest BCUT2D eigenvalue weighted by atomic mass is 10.1. The third-order valence-corrected chi connectivity index (χ3v) is 5.68. The molecule has 0 atom stereocenters. The zero-order valence-corrected chi connectivity index (χ0v) is 20.4. The topological polar surface area (TPSA) is 55.7 Å². The maximum absolute atomic E-state index is 12.1. The minimum Gasteiger partial charge on any atom is -0.493 e. The van der Waals surface area contributed by atoms with Crippen molar-refractivity contribution in [2.24, 2.45) is 0 Å². The maximum Gasteiger partial charge on any atom is 0.223 e. The number of amides is 1. The summed E-state index contributed by atoms with van der Waals surface area (Å²) in [5, 5.41) is 3.00. The lowest BCUT2D eigenvalue weighted by molar-refractivity contribution is -0.120. The molecule has 6 nitrogen and oxygen atoms in total. The van der Waals surface area contributed by atoms with Crippen LogP contribution in [0.15, 0.2) is 73.1 Å². The molecule has 0 saturated carbocycles. The van der Waals surface area contributed by atoms with Crippen LogP contribution in [0.3, 0.4) is 0 Å². The third-order valence-electron chi connectivity index (χ3n) is 5.68. The fraction of sp³-hybridized carbons (Fsp3) is 0.321. The second-order valence-electron chi connectivity index (χ2n) is 8.23. The first-order valence-electron chi connectivity index (χ1n) is 11.6. The van der Waals surface area contributed by atoms with Gasteiger partial charge in [-0.05, 0) is 74.0 Å². The van der Waals surface area contributed by atoms with Crippen molar-refractivity contribution in [1.82, 2.24) is 14.8 Å². The second-order valence-corrected chi connectivity index (χ2v) is 8.23. The molecule has 1 heterocycles. The van der Waals surface area contributed by atoms with Gasteiger partial charge in [-0.1, -0.05) is 30.4 Å². The number of likely N-dealkylation sites (N-methyl/N-ethyl adjacent to an activating group) is 1. The molecule has 0 aliphatic rings. The van der Waals surface area contributed by atoms with Crippen molar-refractivity contribution in [2.75, 3.05) is 40.9 Å². The van der Waals surface area contributed by atoms with Crippen molar-refractivity contribution in [3.05, 3.63) is 84.2 Å². The Balaban J connectivity index is 1.30. The summed E-state index contributed by atoms with van der Waals surface area (Å²) in [6, 6.07) is 18.3. The van der Waals surface area contributed by atoms with Crippen molar-refractivity contribution in [3.63, 3.8) is 0 Å². The third kappa shape index (κ3) is 7.81. The van der Waals surface area contributed by atoms with E-state index in [1.54, 1.807) is 14.2 Å². The summed E-state index contributed by atoms with van der Waals surface area (Å²) in [5.74, 6) is 1.55. The lowest BCUT2D eigenvalue weighted by Gasteiger charge is -2.17. The first-order valence-corrected chi connectivity index (χ1v) is 11.6. The summed E-state index contributed by atoms with van der Waals surface area (Å²) in [6.45, 7) is 2.55. The monoisotopic (exact) mass is 461 g/mol. The minimum absolute atomic E-state index is 0.0493. The zero-order valence-electron chi connectivity index (χ0n) is 20.4. The minimum atomic E-state index is 0.0493. The number of benzene rings is 2. The number of methoxy groups -OCH3 is 2. The van der Waals surface area contributed by atoms with Crippen LogP contribution in [-0.4, -0.2) is 56.3 Å². The van der Waals surface area contributed by atoms with Crippen LogP contribution in [0.4, 0.5) is 0 Å². The molecule has 0 radical (unpaired) electrons. The van der Waals surface area contributed by atoms with Crippen LogP contribution in [0.2, 0.25) is 0 Å². The predicted molar refractivity (Wildman–Crippen MR) is 138 cm³/mol. The first kappa shape index (κ1) is 25.1. The Bertz CT molecular complexity index is 1040. The largest absolute Gasteiger partial charge is 0.493 e. The summed E-state index contributed by atoms with van der Waals surface area (Å²) in [6.07, 6.45) is 10.2. The standard InChI is InChI=1S/C28H35N3O3/c1-30(21-16-24-12-15-26(33-2)27(22-24)34-3)18-7-17-29-28(32)9-6-8-23-10-13-25(14-11-23)31-19-4-5-20-31/h4-6,8,10-15,19-20,22H,7,9,16-18,21H2,1-3H3,(H,29,32)/b8-6+. The van der Waals surface area contributed by atoms with Crippen molar-refractivity contribution < 1.29 is 14.3 Å². The molecular formula is C28H35N3O3. The van der Waals surface area contributed by atoms with E-state index in [4.69, 9.17) is 9.47 Å². The maximum atomic E-state index is 12.1. The van der Waals surface area contributed by atoms with Crippen LogP contribution >= 0.6 is 0 Å². The highest BCUT2D eigenvalue weighted by Crippen LogP contribution is 2.27. The normalized spacial score (nSPS) is 11.2. The molecule has 0 aliphatic heterocycles. The Hall–Kier alpha value is -3.51. The molecule has 0 spiro atoms. The molecule has 3 aromatic rings. The molecule has 0 unspecified atom stereocenters. The molecule has 34 heavy (non-hydrogen) atoms. The lowest BCUT2D eigenvalue weighted by Crippen LogP contribution is -2.28. The van der Waals surface area contributed by atoms with Gasteiger partial charge < -0.3 is 24.3 Å². The van der Waals surface area contributed by atoms with Crippen LogP contribution in [0.5, 0.6) is 11.5 Å². The van der Waals surface area contributed by atoms with Gasteiger partial charge in [0.25, 0.3) is 0 Å². The van der Waals surface area contributed by atoms with Crippen molar-refractivity contribution in [1.29, 1.82) is 0 Å². The van der Waals surface area contributed by atoms with E-state index in [1.807, 2.05) is 48.8 Å². The summed E-state index contributed by atoms with van der Waals surface area (Å²) in [5.41, 5.74) is 3.41. The summed E-state index contributed by atoms with van der Waals surface area (Å²) in [7, 11) is 5.40. The van der Waals surface area contributed by atoms with Gasteiger partial charge in [-0.25, -0.2) is 0 Å². The van der Waals surface area contributed by atoms with Gasteiger partial charge in [-0.3, -0.25) is 4.79 Å². The smallest absolute Gasteiger partial charge is 0.223 e. The highest BCUT2D eigenvalue weighted by molar-refractivity contribution is 5.78. The van der Waals surface area contributed by atoms with Crippen molar-refractivity contribution in [3.8, 4) is 17.2 Å². The van der Waals surface area contributed by atoms with Gasteiger partial charge in [0.2, 0.25) is 5.91 Å². The number of hydrogen-bond acceptors (Lipinski definition) is 4. The Morgan fingerprint density at radius 2 is 1.74 bits per heavy atom. The van der Waals surface area contributed by atoms with Gasteiger partial charge in [-0.2, -0.15) is 0 Å². The molecule has 0 fully saturated rings. The molecule has 6 heteroatoms. The molecule has 0 bridgehead atoms. The Morgan fingerprint density at radius 3 is 2.44 bits per heavy atom. The molecule has 0 saturated heterocycles. The Morgan fingerprint density at radius 1 is 1.00 bits per heavy atom. The molecular weight excluding hydrogens is 426 g/mol. The predicted octanol–water partition coefficient (Wildman–Crippen LogP) is 4.58. The van der Waals surface area contributed by atoms with E-state index in [0.717, 1.165) is 48.7 Å². The highest BCUT2D eigenvalue weighted by Gasteiger charge is 2.06. The number of carbonyl (C=O) groups excluding carboxylic acids is 1. The quantitative estimate of drug-likeness (QED) is 0.379. The van der Waals surface area contributed by atoms with E-state index >= 15 is 0 Å². The van der Waals surface area contributed by atoms with E-state index in [2.05, 4.69) is 52.2 Å². The number of ether oxygens (including phenoxy) is 2. The van der Waals surface area contributed by atoms with E-state index < -0.39 is 0 Å². The van der Waals surface area contributed by atoms with Gasteiger partial charge in [0.05, 0.1) is 14.2 Å². The van der Waals surface area contributed by atoms with Gasteiger partial charge in [0, 0.05) is 37.6 Å². The Labute approximate surface area is 202 Å². The van der Waals surface area contributed by atoms with Crippen LogP contribution in [0, 0.1) is 0 Å². The zero-order chi connectivity index (χ0) is 24.2. The average molecular weight is 462 g/mol. The van der Waals surface area contributed by atoms with E-state index in [1.165, 1.54) is 5.56 Å². The number of aromatic nitrogens is 1.